The van der Waals surface area contributed by atoms with Crippen molar-refractivity contribution in [1.29, 1.82) is 0 Å². The minimum atomic E-state index is -4.88. The highest BCUT2D eigenvalue weighted by atomic mass is 35.5. The number of nitro benzene ring substituents is 1. The summed E-state index contributed by atoms with van der Waals surface area (Å²) in [7, 11) is 0. The lowest BCUT2D eigenvalue weighted by Crippen LogP contribution is -2.30. The zero-order chi connectivity index (χ0) is 21.1. The van der Waals surface area contributed by atoms with Crippen LogP contribution in [-0.2, 0) is 6.18 Å². The van der Waals surface area contributed by atoms with Gasteiger partial charge >= 0.3 is 6.18 Å². The monoisotopic (exact) mass is 423 g/mol. The van der Waals surface area contributed by atoms with Crippen molar-refractivity contribution in [2.75, 3.05) is 18.4 Å². The predicted molar refractivity (Wildman–Crippen MR) is 90.3 cm³/mol. The lowest BCUT2D eigenvalue weighted by molar-refractivity contribution is -0.384. The number of halogens is 6. The Bertz CT molecular complexity index is 901. The molecule has 0 heterocycles. The molecule has 0 radical (unpaired) electrons. The Hall–Kier alpha value is -2.95. The van der Waals surface area contributed by atoms with Crippen LogP contribution >= 0.6 is 11.6 Å². The van der Waals surface area contributed by atoms with Crippen molar-refractivity contribution < 1.29 is 31.7 Å². The van der Waals surface area contributed by atoms with E-state index in [0.29, 0.717) is 0 Å². The van der Waals surface area contributed by atoms with Gasteiger partial charge in [-0.15, -0.1) is 0 Å². The summed E-state index contributed by atoms with van der Waals surface area (Å²) in [6.07, 6.45) is -4.88. The van der Waals surface area contributed by atoms with E-state index in [-0.39, 0.29) is 24.8 Å². The topological polar surface area (TPSA) is 84.3 Å². The third-order valence-corrected chi connectivity index (χ3v) is 3.82. The molecule has 0 saturated carbocycles. The number of benzene rings is 2. The van der Waals surface area contributed by atoms with E-state index >= 15 is 0 Å². The number of nitrogens with zero attached hydrogens (tertiary/aromatic N) is 1. The van der Waals surface area contributed by atoms with Crippen LogP contribution in [-0.4, -0.2) is 23.9 Å². The van der Waals surface area contributed by atoms with Crippen molar-refractivity contribution in [2.24, 2.45) is 0 Å². The van der Waals surface area contributed by atoms with Gasteiger partial charge in [0.25, 0.3) is 11.6 Å². The summed E-state index contributed by atoms with van der Waals surface area (Å²) in [5.41, 5.74) is -3.35. The smallest absolute Gasteiger partial charge is 0.378 e. The molecule has 0 bridgehead atoms. The molecule has 2 N–H and O–H groups in total. The van der Waals surface area contributed by atoms with E-state index in [4.69, 9.17) is 11.6 Å². The highest BCUT2D eigenvalue weighted by Gasteiger charge is 2.36. The highest BCUT2D eigenvalue weighted by Crippen LogP contribution is 2.40. The fraction of sp³-hybridized carbons (Fsp3) is 0.188. The third-order valence-electron chi connectivity index (χ3n) is 3.50. The van der Waals surface area contributed by atoms with Gasteiger partial charge in [-0.2, -0.15) is 13.2 Å². The molecule has 2 rings (SSSR count). The van der Waals surface area contributed by atoms with Gasteiger partial charge in [0.05, 0.1) is 15.5 Å². The Balaban J connectivity index is 2.08. The SMILES string of the molecule is O=C(NCCNc1cc(Cl)c(C(F)(F)F)cc1[N+](=O)[O-])c1c(F)cccc1F. The minimum Gasteiger partial charge on any atom is -0.378 e. The van der Waals surface area contributed by atoms with Gasteiger partial charge in [-0.1, -0.05) is 17.7 Å². The molecule has 0 spiro atoms. The maximum atomic E-state index is 13.5. The molecule has 28 heavy (non-hydrogen) atoms. The summed E-state index contributed by atoms with van der Waals surface area (Å²) in [5, 5.41) is 14.9. The molecule has 0 aliphatic rings. The first-order chi connectivity index (χ1) is 13.0. The van der Waals surface area contributed by atoms with Crippen LogP contribution in [0.25, 0.3) is 0 Å². The van der Waals surface area contributed by atoms with Crippen molar-refractivity contribution in [2.45, 2.75) is 6.18 Å². The number of anilines is 1. The van der Waals surface area contributed by atoms with E-state index in [9.17, 15) is 36.9 Å². The van der Waals surface area contributed by atoms with E-state index in [0.717, 1.165) is 24.3 Å². The maximum Gasteiger partial charge on any atom is 0.418 e. The van der Waals surface area contributed by atoms with E-state index in [2.05, 4.69) is 10.6 Å². The number of hydrogen-bond donors (Lipinski definition) is 2. The van der Waals surface area contributed by atoms with Crippen molar-refractivity contribution in [3.05, 3.63) is 68.2 Å². The van der Waals surface area contributed by atoms with E-state index in [1.165, 1.54) is 0 Å². The van der Waals surface area contributed by atoms with Crippen molar-refractivity contribution in [1.82, 2.24) is 5.32 Å². The fourth-order valence-corrected chi connectivity index (χ4v) is 2.52. The summed E-state index contributed by atoms with van der Waals surface area (Å²) in [6, 6.07) is 3.89. The van der Waals surface area contributed by atoms with Crippen molar-refractivity contribution in [3.63, 3.8) is 0 Å². The summed E-state index contributed by atoms with van der Waals surface area (Å²) in [5.74, 6) is -3.21. The van der Waals surface area contributed by atoms with Crippen LogP contribution in [0.2, 0.25) is 5.02 Å². The molecule has 0 fully saturated rings. The van der Waals surface area contributed by atoms with Gasteiger partial charge in [-0.3, -0.25) is 14.9 Å². The number of hydrogen-bond acceptors (Lipinski definition) is 4. The number of amides is 1. The standard InChI is InChI=1S/C16H11ClF5N3O3/c17-9-7-12(13(25(27)28)6-8(9)16(20,21)22)23-4-5-24-15(26)14-10(18)2-1-3-11(14)19/h1-3,6-7,23H,4-5H2,(H,24,26). The number of carbonyl (C=O) groups is 1. The summed E-state index contributed by atoms with van der Waals surface area (Å²) < 4.78 is 65.4. The lowest BCUT2D eigenvalue weighted by Gasteiger charge is -2.13. The van der Waals surface area contributed by atoms with Gasteiger partial charge in [0, 0.05) is 19.2 Å². The first kappa shape index (κ1) is 21.4. The third kappa shape index (κ3) is 4.85. The molecule has 1 amide bonds. The summed E-state index contributed by atoms with van der Waals surface area (Å²) in [6.45, 7) is -0.424. The second-order valence-corrected chi connectivity index (χ2v) is 5.79. The van der Waals surface area contributed by atoms with Gasteiger partial charge in [0.1, 0.15) is 22.9 Å². The molecule has 2 aromatic rings. The minimum absolute atomic E-state index is 0.190. The number of nitro groups is 1. The molecular formula is C16H11ClF5N3O3. The average Bonchev–Trinajstić information content (AvgIpc) is 2.57. The van der Waals surface area contributed by atoms with Gasteiger partial charge in [-0.05, 0) is 18.2 Å². The van der Waals surface area contributed by atoms with Gasteiger partial charge < -0.3 is 10.6 Å². The molecule has 0 aliphatic carbocycles. The number of alkyl halides is 3. The molecule has 0 saturated heterocycles. The first-order valence-electron chi connectivity index (χ1n) is 7.53. The van der Waals surface area contributed by atoms with Crippen LogP contribution in [0.15, 0.2) is 30.3 Å². The molecule has 6 nitrogen and oxygen atoms in total. The Morgan fingerprint density at radius 1 is 1.14 bits per heavy atom. The van der Waals surface area contributed by atoms with Crippen LogP contribution in [0, 0.1) is 21.7 Å². The summed E-state index contributed by atoms with van der Waals surface area (Å²) in [4.78, 5) is 21.8. The van der Waals surface area contributed by atoms with Crippen molar-refractivity contribution >= 4 is 28.9 Å². The van der Waals surface area contributed by atoms with Gasteiger partial charge in [-0.25, -0.2) is 8.78 Å². The zero-order valence-electron chi connectivity index (χ0n) is 13.7. The second-order valence-electron chi connectivity index (χ2n) is 5.38. The summed E-state index contributed by atoms with van der Waals surface area (Å²) >= 11 is 5.53. The fourth-order valence-electron chi connectivity index (χ4n) is 2.25. The number of rotatable bonds is 6. The van der Waals surface area contributed by atoms with Gasteiger partial charge in [0.15, 0.2) is 0 Å². The molecule has 150 valence electrons. The van der Waals surface area contributed by atoms with E-state index < -0.39 is 50.5 Å². The predicted octanol–water partition coefficient (Wildman–Crippen LogP) is 4.39. The quantitative estimate of drug-likeness (QED) is 0.312. The van der Waals surface area contributed by atoms with E-state index in [1.54, 1.807) is 0 Å². The van der Waals surface area contributed by atoms with Crippen LogP contribution in [0.4, 0.5) is 33.3 Å². The van der Waals surface area contributed by atoms with Crippen molar-refractivity contribution in [3.8, 4) is 0 Å². The average molecular weight is 424 g/mol. The molecular weight excluding hydrogens is 413 g/mol. The Labute approximate surface area is 159 Å². The Kier molecular flexibility index (Phi) is 6.39. The number of carbonyl (C=O) groups excluding carboxylic acids is 1. The lowest BCUT2D eigenvalue weighted by atomic mass is 10.1. The van der Waals surface area contributed by atoms with E-state index in [1.807, 2.05) is 0 Å². The zero-order valence-corrected chi connectivity index (χ0v) is 14.5. The Morgan fingerprint density at radius 2 is 1.75 bits per heavy atom. The molecule has 0 atom stereocenters. The normalized spacial score (nSPS) is 11.2. The largest absolute Gasteiger partial charge is 0.418 e. The van der Waals surface area contributed by atoms with Crippen LogP contribution in [0.1, 0.15) is 15.9 Å². The molecule has 12 heteroatoms. The molecule has 0 aliphatic heterocycles. The second kappa shape index (κ2) is 8.38. The maximum absolute atomic E-state index is 13.5. The first-order valence-corrected chi connectivity index (χ1v) is 7.91. The number of nitrogens with one attached hydrogen (secondary N) is 2. The Morgan fingerprint density at radius 3 is 2.29 bits per heavy atom. The molecule has 0 aromatic heterocycles. The highest BCUT2D eigenvalue weighted by molar-refractivity contribution is 6.31. The van der Waals surface area contributed by atoms with Crippen LogP contribution in [0.5, 0.6) is 0 Å². The van der Waals surface area contributed by atoms with Gasteiger partial charge in [0.2, 0.25) is 0 Å². The van der Waals surface area contributed by atoms with Crippen LogP contribution < -0.4 is 10.6 Å². The molecule has 0 unspecified atom stereocenters. The molecule has 2 aromatic carbocycles. The van der Waals surface area contributed by atoms with Crippen LogP contribution in [0.3, 0.4) is 0 Å².